The van der Waals surface area contributed by atoms with Gasteiger partial charge >= 0.3 is 0 Å². The molecule has 1 aromatic carbocycles. The maximum atomic E-state index is 12.3. The summed E-state index contributed by atoms with van der Waals surface area (Å²) in [7, 11) is 0. The number of primary amides is 1. The molecule has 6 heteroatoms. The van der Waals surface area contributed by atoms with E-state index in [0.717, 1.165) is 6.42 Å². The number of hydrogen-bond donors (Lipinski definition) is 3. The third-order valence-corrected chi connectivity index (χ3v) is 5.79. The van der Waals surface area contributed by atoms with Gasteiger partial charge < -0.3 is 16.4 Å². The molecule has 146 valence electrons. The number of nitrogens with two attached hydrogens (primary N) is 2. The summed E-state index contributed by atoms with van der Waals surface area (Å²) in [6.45, 7) is 9.03. The Bertz CT molecular complexity index is 768. The molecule has 2 atom stereocenters. The molecule has 0 spiro atoms. The molecule has 1 heterocycles. The summed E-state index contributed by atoms with van der Waals surface area (Å²) in [6.07, 6.45) is 1.12. The van der Waals surface area contributed by atoms with Crippen molar-refractivity contribution < 1.29 is 14.9 Å². The summed E-state index contributed by atoms with van der Waals surface area (Å²) >= 11 is 1.30. The highest BCUT2D eigenvalue weighted by atomic mass is 32.1. The normalized spacial score (nSPS) is 13.4. The maximum absolute atomic E-state index is 12.3. The standard InChI is InChI=1S/C21H29N3O2S/c1-5-14(4)15-6-8-16(9-7-15)19(13(2)3)23-12-18(25)24-21-17(20(22)26)10-11-27-21/h6-11,13-14,19,23H,5,12H2,1-4H3,(H2,22,26)(H,24,25)/p+1/t14-,19-/m1/s1. The van der Waals surface area contributed by atoms with Gasteiger partial charge in [-0.1, -0.05) is 52.0 Å². The molecule has 2 amide bonds. The molecule has 5 nitrogen and oxygen atoms in total. The number of carbonyl (C=O) groups excluding carboxylic acids is 2. The van der Waals surface area contributed by atoms with Gasteiger partial charge in [0.25, 0.3) is 11.8 Å². The van der Waals surface area contributed by atoms with Crippen LogP contribution in [0.15, 0.2) is 35.7 Å². The highest BCUT2D eigenvalue weighted by Gasteiger charge is 2.21. The molecule has 2 rings (SSSR count). The van der Waals surface area contributed by atoms with Crippen molar-refractivity contribution in [1.29, 1.82) is 0 Å². The van der Waals surface area contributed by atoms with Crippen LogP contribution < -0.4 is 16.4 Å². The van der Waals surface area contributed by atoms with E-state index in [2.05, 4.69) is 62.6 Å². The first kappa shape index (κ1) is 21.1. The largest absolute Gasteiger partial charge is 0.366 e. The van der Waals surface area contributed by atoms with Crippen LogP contribution in [0.25, 0.3) is 0 Å². The Balaban J connectivity index is 2.00. The van der Waals surface area contributed by atoms with Crippen LogP contribution in [-0.2, 0) is 4.79 Å². The Hall–Kier alpha value is -2.18. The van der Waals surface area contributed by atoms with Crippen molar-refractivity contribution in [3.05, 3.63) is 52.4 Å². The minimum absolute atomic E-state index is 0.137. The van der Waals surface area contributed by atoms with Crippen molar-refractivity contribution in [2.75, 3.05) is 11.9 Å². The van der Waals surface area contributed by atoms with Gasteiger partial charge in [-0.15, -0.1) is 11.3 Å². The van der Waals surface area contributed by atoms with Crippen molar-refractivity contribution in [3.63, 3.8) is 0 Å². The lowest BCUT2D eigenvalue weighted by Gasteiger charge is -2.20. The number of benzene rings is 1. The van der Waals surface area contributed by atoms with Crippen molar-refractivity contribution in [3.8, 4) is 0 Å². The zero-order valence-corrected chi connectivity index (χ0v) is 17.3. The van der Waals surface area contributed by atoms with Gasteiger partial charge in [-0.2, -0.15) is 0 Å². The fourth-order valence-corrected chi connectivity index (χ4v) is 3.90. The molecule has 5 N–H and O–H groups in total. The zero-order chi connectivity index (χ0) is 20.0. The predicted molar refractivity (Wildman–Crippen MR) is 111 cm³/mol. The van der Waals surface area contributed by atoms with E-state index < -0.39 is 5.91 Å². The van der Waals surface area contributed by atoms with E-state index in [1.807, 2.05) is 0 Å². The fourth-order valence-electron chi connectivity index (χ4n) is 3.09. The summed E-state index contributed by atoms with van der Waals surface area (Å²) in [6, 6.07) is 10.5. The lowest BCUT2D eigenvalue weighted by molar-refractivity contribution is -0.692. The molecule has 0 unspecified atom stereocenters. The Morgan fingerprint density at radius 3 is 2.30 bits per heavy atom. The van der Waals surface area contributed by atoms with Crippen LogP contribution in [0, 0.1) is 5.92 Å². The Kier molecular flexibility index (Phi) is 7.56. The minimum atomic E-state index is -0.531. The van der Waals surface area contributed by atoms with Crippen LogP contribution in [0.1, 0.15) is 67.6 Å². The zero-order valence-electron chi connectivity index (χ0n) is 16.5. The SMILES string of the molecule is CC[C@@H](C)c1ccc([C@H]([NH2+]CC(=O)Nc2sccc2C(N)=O)C(C)C)cc1. The van der Waals surface area contributed by atoms with E-state index in [-0.39, 0.29) is 18.5 Å². The van der Waals surface area contributed by atoms with E-state index in [1.54, 1.807) is 11.4 Å². The highest BCUT2D eigenvalue weighted by molar-refractivity contribution is 7.14. The third kappa shape index (κ3) is 5.65. The summed E-state index contributed by atoms with van der Waals surface area (Å²) in [5.41, 5.74) is 8.25. The molecule has 0 aliphatic rings. The monoisotopic (exact) mass is 388 g/mol. The van der Waals surface area contributed by atoms with Gasteiger partial charge in [-0.05, 0) is 29.3 Å². The van der Waals surface area contributed by atoms with Gasteiger partial charge in [0.15, 0.2) is 6.54 Å². The van der Waals surface area contributed by atoms with Crippen molar-refractivity contribution >= 4 is 28.2 Å². The second-order valence-electron chi connectivity index (χ2n) is 7.26. The quantitative estimate of drug-likeness (QED) is 0.615. The smallest absolute Gasteiger partial charge is 0.280 e. The molecular weight excluding hydrogens is 358 g/mol. The van der Waals surface area contributed by atoms with E-state index in [0.29, 0.717) is 22.4 Å². The number of amides is 2. The number of thiophene rings is 1. The van der Waals surface area contributed by atoms with E-state index in [9.17, 15) is 9.59 Å². The summed E-state index contributed by atoms with van der Waals surface area (Å²) in [4.78, 5) is 23.7. The van der Waals surface area contributed by atoms with Crippen LogP contribution in [0.5, 0.6) is 0 Å². The van der Waals surface area contributed by atoms with Crippen LogP contribution in [-0.4, -0.2) is 18.4 Å². The first-order valence-electron chi connectivity index (χ1n) is 9.43. The van der Waals surface area contributed by atoms with Gasteiger partial charge in [0.05, 0.1) is 5.56 Å². The first-order chi connectivity index (χ1) is 12.8. The maximum Gasteiger partial charge on any atom is 0.280 e. The van der Waals surface area contributed by atoms with E-state index in [1.165, 1.54) is 22.5 Å². The van der Waals surface area contributed by atoms with Gasteiger partial charge in [-0.3, -0.25) is 9.59 Å². The minimum Gasteiger partial charge on any atom is -0.366 e. The predicted octanol–water partition coefficient (Wildman–Crippen LogP) is 3.26. The lowest BCUT2D eigenvalue weighted by atomic mass is 9.92. The van der Waals surface area contributed by atoms with Gasteiger partial charge in [-0.25, -0.2) is 0 Å². The van der Waals surface area contributed by atoms with Crippen molar-refractivity contribution in [2.24, 2.45) is 11.7 Å². The molecule has 0 saturated heterocycles. The van der Waals surface area contributed by atoms with Crippen LogP contribution in [0.4, 0.5) is 5.00 Å². The van der Waals surface area contributed by atoms with E-state index in [4.69, 9.17) is 5.73 Å². The molecule has 0 fully saturated rings. The van der Waals surface area contributed by atoms with Gasteiger partial charge in [0.2, 0.25) is 0 Å². The summed E-state index contributed by atoms with van der Waals surface area (Å²) in [5.74, 6) is 0.269. The second kappa shape index (κ2) is 9.67. The Morgan fingerprint density at radius 2 is 1.74 bits per heavy atom. The third-order valence-electron chi connectivity index (χ3n) is 4.96. The lowest BCUT2D eigenvalue weighted by Crippen LogP contribution is -2.88. The molecule has 2 aromatic rings. The number of carbonyl (C=O) groups is 2. The highest BCUT2D eigenvalue weighted by Crippen LogP contribution is 2.24. The number of quaternary nitrogens is 1. The molecule has 0 aliphatic heterocycles. The van der Waals surface area contributed by atoms with Gasteiger partial charge in [0, 0.05) is 11.5 Å². The number of nitrogens with one attached hydrogen (secondary N) is 1. The van der Waals surface area contributed by atoms with Gasteiger partial charge in [0.1, 0.15) is 11.0 Å². The molecule has 0 aliphatic carbocycles. The average molecular weight is 389 g/mol. The van der Waals surface area contributed by atoms with E-state index >= 15 is 0 Å². The molecular formula is C21H30N3O2S+. The molecule has 1 aromatic heterocycles. The summed E-state index contributed by atoms with van der Waals surface area (Å²) in [5, 5.41) is 7.11. The molecule has 27 heavy (non-hydrogen) atoms. The molecule has 0 radical (unpaired) electrons. The Labute approximate surface area is 165 Å². The van der Waals surface area contributed by atoms with Crippen LogP contribution in [0.2, 0.25) is 0 Å². The molecule has 0 saturated carbocycles. The number of hydrogen-bond acceptors (Lipinski definition) is 3. The van der Waals surface area contributed by atoms with Crippen LogP contribution in [0.3, 0.4) is 0 Å². The van der Waals surface area contributed by atoms with Crippen molar-refractivity contribution in [2.45, 2.75) is 46.1 Å². The summed E-state index contributed by atoms with van der Waals surface area (Å²) < 4.78 is 0. The second-order valence-corrected chi connectivity index (χ2v) is 8.18. The molecule has 0 bridgehead atoms. The average Bonchev–Trinajstić information content (AvgIpc) is 3.09. The van der Waals surface area contributed by atoms with Crippen LogP contribution >= 0.6 is 11.3 Å². The van der Waals surface area contributed by atoms with Crippen molar-refractivity contribution in [1.82, 2.24) is 0 Å². The first-order valence-corrected chi connectivity index (χ1v) is 10.3. The number of rotatable bonds is 9. The number of anilines is 1. The fraction of sp³-hybridized carbons (Fsp3) is 0.429. The Morgan fingerprint density at radius 1 is 1.11 bits per heavy atom. The topological polar surface area (TPSA) is 88.8 Å².